The molecule has 0 bridgehead atoms. The van der Waals surface area contributed by atoms with E-state index in [1.54, 1.807) is 0 Å². The van der Waals surface area contributed by atoms with Crippen LogP contribution >= 0.6 is 0 Å². The lowest BCUT2D eigenvalue weighted by Crippen LogP contribution is -2.02. The molecule has 3 aromatic heterocycles. The SMILES string of the molecule is N#Cc1ccc(-c2ccc3c(c2)c2ccccc2n3-c2ccccc2-c2cc(-c3cc(-c4ccccc4)nc(-c4ccccc4)n3)ccc2-n2c3ccccc3c3cc(-c4ccc(C#N)cc4)ccc32)cc1. The number of aromatic nitrogens is 4. The molecular weight excluding hydrogens is 877 g/mol. The molecule has 0 amide bonds. The molecule has 0 radical (unpaired) electrons. The molecule has 10 aromatic carbocycles. The Balaban J connectivity index is 1.07. The standard InChI is InChI=1S/C66H40N6/c67-41-43-23-27-45(28-24-43)49-31-34-63-55(37-49)52-17-7-10-20-60(52)71(63)61-21-11-9-19-54(61)57-39-51(59-40-58(47-13-3-1-4-14-47)69-66(70-59)48-15-5-2-6-16-48)33-36-65(57)72-62-22-12-8-18-53(62)56-38-50(32-35-64(56)72)46-29-25-44(42-68)26-30-46/h1-40H. The van der Waals surface area contributed by atoms with E-state index < -0.39 is 0 Å². The molecule has 0 aliphatic carbocycles. The van der Waals surface area contributed by atoms with Crippen LogP contribution in [0.2, 0.25) is 0 Å². The maximum Gasteiger partial charge on any atom is 0.160 e. The highest BCUT2D eigenvalue weighted by molar-refractivity contribution is 6.13. The third-order valence-electron chi connectivity index (χ3n) is 13.8. The van der Waals surface area contributed by atoms with Crippen LogP contribution in [-0.2, 0) is 0 Å². The van der Waals surface area contributed by atoms with Gasteiger partial charge in [0.15, 0.2) is 5.82 Å². The average Bonchev–Trinajstić information content (AvgIpc) is 3.97. The van der Waals surface area contributed by atoms with E-state index >= 15 is 0 Å². The third kappa shape index (κ3) is 7.19. The Morgan fingerprint density at radius 1 is 0.292 bits per heavy atom. The molecule has 13 rings (SSSR count). The number of hydrogen-bond donors (Lipinski definition) is 0. The van der Waals surface area contributed by atoms with Gasteiger partial charge in [-0.05, 0) is 107 Å². The normalized spacial score (nSPS) is 11.3. The summed E-state index contributed by atoms with van der Waals surface area (Å²) in [6, 6.07) is 88.9. The first-order chi connectivity index (χ1) is 35.6. The van der Waals surface area contributed by atoms with E-state index in [0.717, 1.165) is 116 Å². The van der Waals surface area contributed by atoms with Gasteiger partial charge in [-0.25, -0.2) is 9.97 Å². The molecule has 0 spiro atoms. The summed E-state index contributed by atoms with van der Waals surface area (Å²) >= 11 is 0. The largest absolute Gasteiger partial charge is 0.309 e. The quantitative estimate of drug-likeness (QED) is 0.152. The Morgan fingerprint density at radius 2 is 0.722 bits per heavy atom. The molecule has 6 nitrogen and oxygen atoms in total. The van der Waals surface area contributed by atoms with Crippen LogP contribution < -0.4 is 0 Å². The monoisotopic (exact) mass is 916 g/mol. The molecule has 0 saturated carbocycles. The Bertz CT molecular complexity index is 4270. The molecule has 0 atom stereocenters. The van der Waals surface area contributed by atoms with E-state index in [9.17, 15) is 10.5 Å². The van der Waals surface area contributed by atoms with Crippen LogP contribution in [0.3, 0.4) is 0 Å². The van der Waals surface area contributed by atoms with Gasteiger partial charge >= 0.3 is 0 Å². The molecule has 0 N–H and O–H groups in total. The van der Waals surface area contributed by atoms with Gasteiger partial charge < -0.3 is 9.13 Å². The lowest BCUT2D eigenvalue weighted by atomic mass is 9.96. The molecule has 0 fully saturated rings. The number of nitrogens with zero attached hydrogens (tertiary/aromatic N) is 6. The van der Waals surface area contributed by atoms with Gasteiger partial charge in [0.2, 0.25) is 0 Å². The Morgan fingerprint density at radius 3 is 1.28 bits per heavy atom. The third-order valence-corrected chi connectivity index (χ3v) is 13.8. The van der Waals surface area contributed by atoms with Crippen molar-refractivity contribution in [2.75, 3.05) is 0 Å². The Kier molecular flexibility index (Phi) is 10.2. The van der Waals surface area contributed by atoms with Crippen molar-refractivity contribution in [3.63, 3.8) is 0 Å². The van der Waals surface area contributed by atoms with Gasteiger partial charge in [0.05, 0.1) is 68.1 Å². The van der Waals surface area contributed by atoms with Crippen molar-refractivity contribution in [3.05, 3.63) is 254 Å². The molecule has 72 heavy (non-hydrogen) atoms. The van der Waals surface area contributed by atoms with Crippen LogP contribution in [0.25, 0.3) is 122 Å². The summed E-state index contributed by atoms with van der Waals surface area (Å²) in [5, 5.41) is 23.6. The van der Waals surface area contributed by atoms with E-state index in [2.05, 4.69) is 179 Å². The minimum Gasteiger partial charge on any atom is -0.309 e. The van der Waals surface area contributed by atoms with Crippen LogP contribution in [0, 0.1) is 22.7 Å². The first-order valence-electron chi connectivity index (χ1n) is 23.9. The van der Waals surface area contributed by atoms with Gasteiger partial charge in [0.1, 0.15) is 0 Å². The highest BCUT2D eigenvalue weighted by atomic mass is 15.0. The average molecular weight is 917 g/mol. The molecule has 0 saturated heterocycles. The fraction of sp³-hybridized carbons (Fsp3) is 0. The van der Waals surface area contributed by atoms with E-state index in [1.165, 1.54) is 0 Å². The van der Waals surface area contributed by atoms with Gasteiger partial charge in [-0.3, -0.25) is 0 Å². The lowest BCUT2D eigenvalue weighted by molar-refractivity contribution is 1.16. The number of para-hydroxylation sites is 3. The fourth-order valence-electron chi connectivity index (χ4n) is 10.4. The van der Waals surface area contributed by atoms with Crippen molar-refractivity contribution < 1.29 is 0 Å². The second-order valence-electron chi connectivity index (χ2n) is 18.0. The maximum absolute atomic E-state index is 9.53. The van der Waals surface area contributed by atoms with Gasteiger partial charge in [-0.1, -0.05) is 158 Å². The molecule has 6 heteroatoms. The molecule has 3 heterocycles. The summed E-state index contributed by atoms with van der Waals surface area (Å²) in [6.45, 7) is 0. The first kappa shape index (κ1) is 42.0. The second kappa shape index (κ2) is 17.4. The highest BCUT2D eigenvalue weighted by Gasteiger charge is 2.22. The van der Waals surface area contributed by atoms with Gasteiger partial charge in [-0.15, -0.1) is 0 Å². The number of hydrogen-bond acceptors (Lipinski definition) is 4. The first-order valence-corrected chi connectivity index (χ1v) is 23.9. The van der Waals surface area contributed by atoms with E-state index in [4.69, 9.17) is 9.97 Å². The summed E-state index contributed by atoms with van der Waals surface area (Å²) in [5.74, 6) is 0.657. The van der Waals surface area contributed by atoms with Crippen molar-refractivity contribution in [3.8, 4) is 90.8 Å². The number of nitriles is 2. The Hall–Kier alpha value is -10.1. The van der Waals surface area contributed by atoms with Gasteiger partial charge in [0.25, 0.3) is 0 Å². The maximum atomic E-state index is 9.53. The molecule has 13 aromatic rings. The minimum absolute atomic E-state index is 0.635. The lowest BCUT2D eigenvalue weighted by Gasteiger charge is -2.20. The van der Waals surface area contributed by atoms with E-state index in [1.807, 2.05) is 84.9 Å². The van der Waals surface area contributed by atoms with E-state index in [-0.39, 0.29) is 0 Å². The number of rotatable bonds is 8. The Labute approximate surface area is 415 Å². The molecule has 0 unspecified atom stereocenters. The van der Waals surface area contributed by atoms with Crippen LogP contribution in [-0.4, -0.2) is 19.1 Å². The van der Waals surface area contributed by atoms with Gasteiger partial charge in [-0.2, -0.15) is 10.5 Å². The van der Waals surface area contributed by atoms with Crippen LogP contribution in [0.5, 0.6) is 0 Å². The van der Waals surface area contributed by atoms with Crippen molar-refractivity contribution in [1.82, 2.24) is 19.1 Å². The summed E-state index contributed by atoms with van der Waals surface area (Å²) in [4.78, 5) is 10.5. The van der Waals surface area contributed by atoms with Crippen molar-refractivity contribution >= 4 is 43.6 Å². The van der Waals surface area contributed by atoms with Crippen molar-refractivity contribution in [2.24, 2.45) is 0 Å². The minimum atomic E-state index is 0.635. The highest BCUT2D eigenvalue weighted by Crippen LogP contribution is 2.44. The predicted molar refractivity (Wildman–Crippen MR) is 293 cm³/mol. The van der Waals surface area contributed by atoms with E-state index in [0.29, 0.717) is 17.0 Å². The summed E-state index contributed by atoms with van der Waals surface area (Å²) < 4.78 is 4.81. The summed E-state index contributed by atoms with van der Waals surface area (Å²) in [7, 11) is 0. The topological polar surface area (TPSA) is 83.2 Å². The smallest absolute Gasteiger partial charge is 0.160 e. The van der Waals surface area contributed by atoms with Crippen molar-refractivity contribution in [2.45, 2.75) is 0 Å². The van der Waals surface area contributed by atoms with Crippen molar-refractivity contribution in [1.29, 1.82) is 10.5 Å². The zero-order valence-electron chi connectivity index (χ0n) is 38.8. The number of fused-ring (bicyclic) bond motifs is 6. The zero-order valence-corrected chi connectivity index (χ0v) is 38.8. The molecule has 334 valence electrons. The second-order valence-corrected chi connectivity index (χ2v) is 18.0. The fourth-order valence-corrected chi connectivity index (χ4v) is 10.4. The summed E-state index contributed by atoms with van der Waals surface area (Å²) in [5.41, 5.74) is 18.6. The van der Waals surface area contributed by atoms with Crippen LogP contribution in [0.15, 0.2) is 243 Å². The van der Waals surface area contributed by atoms with Crippen LogP contribution in [0.4, 0.5) is 0 Å². The molecule has 0 aliphatic rings. The predicted octanol–water partition coefficient (Wildman–Crippen LogP) is 16.4. The summed E-state index contributed by atoms with van der Waals surface area (Å²) in [6.07, 6.45) is 0. The van der Waals surface area contributed by atoms with Gasteiger partial charge in [0, 0.05) is 49.4 Å². The number of benzene rings is 10. The molecular formula is C66H40N6. The van der Waals surface area contributed by atoms with Crippen LogP contribution in [0.1, 0.15) is 11.1 Å². The molecule has 0 aliphatic heterocycles. The zero-order chi connectivity index (χ0) is 48.1.